The highest BCUT2D eigenvalue weighted by Gasteiger charge is 2.72. The topological polar surface area (TPSA) is 187 Å². The summed E-state index contributed by atoms with van der Waals surface area (Å²) in [5.41, 5.74) is -1.74. The molecule has 13 heteroatoms. The first-order valence-electron chi connectivity index (χ1n) is 15.1. The highest BCUT2D eigenvalue weighted by atomic mass is 16.8. The van der Waals surface area contributed by atoms with E-state index < -0.39 is 71.5 Å². The van der Waals surface area contributed by atoms with E-state index in [1.165, 1.54) is 6.92 Å². The summed E-state index contributed by atoms with van der Waals surface area (Å²) in [7, 11) is 2.20. The van der Waals surface area contributed by atoms with Crippen LogP contribution in [0.3, 0.4) is 0 Å². The van der Waals surface area contributed by atoms with Crippen molar-refractivity contribution in [2.24, 2.45) is 5.92 Å². The van der Waals surface area contributed by atoms with E-state index in [4.69, 9.17) is 18.9 Å². The Kier molecular flexibility index (Phi) is 9.80. The minimum atomic E-state index is -2.70. The molecule has 4 aromatic rings. The third kappa shape index (κ3) is 5.86. The second kappa shape index (κ2) is 13.7. The van der Waals surface area contributed by atoms with E-state index in [9.17, 15) is 34.5 Å². The molecule has 1 aromatic heterocycles. The number of hydrogen-bond donors (Lipinski definition) is 4. The number of carboxylic acid groups (broad SMARTS) is 1. The first-order valence-corrected chi connectivity index (χ1v) is 15.1. The Labute approximate surface area is 274 Å². The van der Waals surface area contributed by atoms with Gasteiger partial charge in [0, 0.05) is 26.0 Å². The standard InChI is InChI=1S/C35H36N2O11/c1-22-21-37(32(43)36-31(22)42)34(47-27(40)20-19-26(38)39)29(28(41)30(48-34)35(44,45-2)46-3)33(23-13-7-4-8-14-23,24-15-9-5-10-16-24)25-17-11-6-12-18-25/h4-18,21,28-30,41,44H,19-20H2,1-3H3,(H,38,39)(H,36,42,43)/t28-,29?,30-,34+/m0/s1. The number of hydrogen-bond acceptors (Lipinski definition) is 10. The fourth-order valence-corrected chi connectivity index (χ4v) is 6.56. The maximum absolute atomic E-state index is 13.9. The molecule has 3 aromatic carbocycles. The third-order valence-electron chi connectivity index (χ3n) is 8.70. The van der Waals surface area contributed by atoms with Crippen molar-refractivity contribution in [2.45, 2.75) is 49.3 Å². The summed E-state index contributed by atoms with van der Waals surface area (Å²) >= 11 is 0. The van der Waals surface area contributed by atoms with Crippen LogP contribution < -0.4 is 11.2 Å². The van der Waals surface area contributed by atoms with Gasteiger partial charge in [-0.1, -0.05) is 91.0 Å². The second-order valence-corrected chi connectivity index (χ2v) is 11.4. The van der Waals surface area contributed by atoms with E-state index in [2.05, 4.69) is 4.98 Å². The number of rotatable bonds is 12. The van der Waals surface area contributed by atoms with Gasteiger partial charge < -0.3 is 34.3 Å². The molecule has 0 amide bonds. The van der Waals surface area contributed by atoms with Crippen LogP contribution in [0.25, 0.3) is 0 Å². The van der Waals surface area contributed by atoms with Crippen LogP contribution in [0.5, 0.6) is 0 Å². The van der Waals surface area contributed by atoms with Crippen LogP contribution in [-0.2, 0) is 39.9 Å². The molecule has 2 heterocycles. The molecule has 1 unspecified atom stereocenters. The van der Waals surface area contributed by atoms with Gasteiger partial charge in [0.05, 0.1) is 24.2 Å². The molecule has 5 rings (SSSR count). The van der Waals surface area contributed by atoms with Crippen molar-refractivity contribution < 1.29 is 43.9 Å². The second-order valence-electron chi connectivity index (χ2n) is 11.4. The molecule has 0 saturated carbocycles. The van der Waals surface area contributed by atoms with Gasteiger partial charge in [-0.25, -0.2) is 9.36 Å². The zero-order valence-electron chi connectivity index (χ0n) is 26.4. The molecule has 13 nitrogen and oxygen atoms in total. The van der Waals surface area contributed by atoms with Crippen molar-refractivity contribution in [3.63, 3.8) is 0 Å². The summed E-state index contributed by atoms with van der Waals surface area (Å²) in [6.07, 6.45) is -3.93. The average molecular weight is 661 g/mol. The Morgan fingerprint density at radius 1 is 0.875 bits per heavy atom. The van der Waals surface area contributed by atoms with E-state index in [0.717, 1.165) is 25.0 Å². The van der Waals surface area contributed by atoms with Gasteiger partial charge in [-0.2, -0.15) is 0 Å². The molecule has 4 atom stereocenters. The number of methoxy groups -OCH3 is 2. The maximum atomic E-state index is 13.9. The number of carbonyl (C=O) groups excluding carboxylic acids is 1. The molecule has 0 radical (unpaired) electrons. The highest BCUT2D eigenvalue weighted by molar-refractivity contribution is 5.76. The van der Waals surface area contributed by atoms with Crippen molar-refractivity contribution in [1.82, 2.24) is 9.55 Å². The molecule has 4 N–H and O–H groups in total. The Balaban J connectivity index is 1.99. The van der Waals surface area contributed by atoms with E-state index in [1.807, 2.05) is 0 Å². The smallest absolute Gasteiger partial charge is 0.333 e. The zero-order valence-corrected chi connectivity index (χ0v) is 26.4. The number of carbonyl (C=O) groups is 2. The molecule has 1 saturated heterocycles. The van der Waals surface area contributed by atoms with Gasteiger partial charge >= 0.3 is 29.5 Å². The first-order chi connectivity index (χ1) is 22.9. The van der Waals surface area contributed by atoms with Crippen molar-refractivity contribution in [1.29, 1.82) is 0 Å². The van der Waals surface area contributed by atoms with Crippen LogP contribution >= 0.6 is 0 Å². The molecule has 0 bridgehead atoms. The molecule has 0 spiro atoms. The van der Waals surface area contributed by atoms with E-state index in [1.54, 1.807) is 91.0 Å². The quantitative estimate of drug-likeness (QED) is 0.0992. The lowest BCUT2D eigenvalue weighted by Crippen LogP contribution is -2.59. The summed E-state index contributed by atoms with van der Waals surface area (Å²) in [5, 5.41) is 33.5. The molecule has 0 aliphatic carbocycles. The Morgan fingerprint density at radius 2 is 1.35 bits per heavy atom. The largest absolute Gasteiger partial charge is 0.481 e. The van der Waals surface area contributed by atoms with Crippen LogP contribution in [0.2, 0.25) is 0 Å². The van der Waals surface area contributed by atoms with Gasteiger partial charge in [-0.3, -0.25) is 19.4 Å². The number of carboxylic acids is 1. The highest BCUT2D eigenvalue weighted by Crippen LogP contribution is 2.58. The number of ether oxygens (including phenoxy) is 4. The normalized spacial score (nSPS) is 21.1. The van der Waals surface area contributed by atoms with Gasteiger partial charge in [0.15, 0.2) is 6.10 Å². The van der Waals surface area contributed by atoms with Crippen molar-refractivity contribution in [3.8, 4) is 0 Å². The van der Waals surface area contributed by atoms with Gasteiger partial charge in [0.25, 0.3) is 5.56 Å². The lowest BCUT2D eigenvalue weighted by Gasteiger charge is -2.47. The number of aliphatic hydroxyl groups excluding tert-OH is 1. The fraction of sp³-hybridized carbons (Fsp3) is 0.314. The molecular weight excluding hydrogens is 624 g/mol. The van der Waals surface area contributed by atoms with Crippen LogP contribution in [0.4, 0.5) is 0 Å². The monoisotopic (exact) mass is 660 g/mol. The maximum Gasteiger partial charge on any atom is 0.333 e. The molecule has 252 valence electrons. The zero-order chi connectivity index (χ0) is 34.7. The Bertz CT molecular complexity index is 1760. The number of aromatic nitrogens is 2. The first kappa shape index (κ1) is 34.4. The number of esters is 1. The predicted molar refractivity (Wildman–Crippen MR) is 170 cm³/mol. The Hall–Kier alpha value is -4.92. The van der Waals surface area contributed by atoms with Crippen LogP contribution in [0.1, 0.15) is 35.1 Å². The minimum Gasteiger partial charge on any atom is -0.481 e. The SMILES string of the molecule is COC(O)(OC)[C@H]1O[C@@](OC(=O)CCC(=O)O)(n2cc(C)c(=O)[nH]c2=O)C(C(c2ccccc2)(c2ccccc2)c2ccccc2)[C@@H]1O. The number of H-pyrrole nitrogens is 1. The van der Waals surface area contributed by atoms with Gasteiger partial charge in [0.1, 0.15) is 6.10 Å². The predicted octanol–water partition coefficient (Wildman–Crippen LogP) is 2.21. The summed E-state index contributed by atoms with van der Waals surface area (Å²) in [6.45, 7) is 1.41. The number of nitrogens with one attached hydrogen (secondary N) is 1. The number of aromatic amines is 1. The van der Waals surface area contributed by atoms with E-state index in [-0.39, 0.29) is 5.56 Å². The fourth-order valence-electron chi connectivity index (χ4n) is 6.56. The van der Waals surface area contributed by atoms with Crippen LogP contribution in [-0.4, -0.2) is 69.2 Å². The summed E-state index contributed by atoms with van der Waals surface area (Å²) < 4.78 is 24.0. The molecule has 1 aliphatic heterocycles. The average Bonchev–Trinajstić information content (AvgIpc) is 3.39. The number of aryl methyl sites for hydroxylation is 1. The molecular formula is C35H36N2O11. The van der Waals surface area contributed by atoms with Gasteiger partial charge in [-0.15, -0.1) is 0 Å². The number of nitrogens with zero attached hydrogens (tertiary/aromatic N) is 1. The van der Waals surface area contributed by atoms with Crippen LogP contribution in [0, 0.1) is 12.8 Å². The summed E-state index contributed by atoms with van der Waals surface area (Å²) in [5.74, 6) is -9.37. The van der Waals surface area contributed by atoms with Crippen molar-refractivity contribution in [2.75, 3.05) is 14.2 Å². The lowest BCUT2D eigenvalue weighted by molar-refractivity contribution is -0.409. The third-order valence-corrected chi connectivity index (χ3v) is 8.70. The number of aliphatic carboxylic acids is 1. The lowest BCUT2D eigenvalue weighted by atomic mass is 9.59. The van der Waals surface area contributed by atoms with Crippen molar-refractivity contribution in [3.05, 3.63) is 140 Å². The number of benzene rings is 3. The number of aliphatic hydroxyl groups is 2. The van der Waals surface area contributed by atoms with Gasteiger partial charge in [0.2, 0.25) is 0 Å². The molecule has 1 aliphatic rings. The summed E-state index contributed by atoms with van der Waals surface area (Å²) in [4.78, 5) is 53.8. The van der Waals surface area contributed by atoms with Crippen molar-refractivity contribution >= 4 is 11.9 Å². The van der Waals surface area contributed by atoms with Crippen LogP contribution in [0.15, 0.2) is 107 Å². The minimum absolute atomic E-state index is 0.00864. The molecule has 1 fully saturated rings. The molecule has 48 heavy (non-hydrogen) atoms. The van der Waals surface area contributed by atoms with Gasteiger partial charge in [-0.05, 0) is 23.6 Å². The Morgan fingerprint density at radius 3 is 1.79 bits per heavy atom. The summed E-state index contributed by atoms with van der Waals surface area (Å²) in [6, 6.07) is 26.7. The van der Waals surface area contributed by atoms with E-state index >= 15 is 0 Å². The van der Waals surface area contributed by atoms with E-state index in [0.29, 0.717) is 16.7 Å².